The number of nitrogens with two attached hydrogens (primary N) is 1. The van der Waals surface area contributed by atoms with E-state index in [4.69, 9.17) is 5.73 Å². The number of nitrogen functional groups attached to an aromatic ring is 1. The van der Waals surface area contributed by atoms with Gasteiger partial charge in [-0.1, -0.05) is 55.5 Å². The normalized spacial score (nSPS) is 11.8. The summed E-state index contributed by atoms with van der Waals surface area (Å²) in [6.45, 7) is 2.74. The predicted molar refractivity (Wildman–Crippen MR) is 82.4 cm³/mol. The van der Waals surface area contributed by atoms with Crippen molar-refractivity contribution in [3.05, 3.63) is 65.7 Å². The standard InChI is InChI=1S/C17H20N2O/c1-13(14-7-3-2-4-8-14)12-19-17(20)11-15-9-5-6-10-16(15)18/h2-10,13H,11-12,18H2,1H3,(H,19,20). The highest BCUT2D eigenvalue weighted by Gasteiger charge is 2.09. The van der Waals surface area contributed by atoms with Gasteiger partial charge in [-0.25, -0.2) is 0 Å². The van der Waals surface area contributed by atoms with Crippen molar-refractivity contribution in [2.45, 2.75) is 19.3 Å². The van der Waals surface area contributed by atoms with Gasteiger partial charge in [0.05, 0.1) is 6.42 Å². The van der Waals surface area contributed by atoms with Gasteiger partial charge in [0, 0.05) is 12.2 Å². The maximum absolute atomic E-state index is 11.9. The van der Waals surface area contributed by atoms with Gasteiger partial charge in [-0.2, -0.15) is 0 Å². The molecule has 0 aliphatic rings. The Labute approximate surface area is 119 Å². The first kappa shape index (κ1) is 14.1. The molecule has 2 aromatic carbocycles. The number of amides is 1. The van der Waals surface area contributed by atoms with Gasteiger partial charge in [-0.05, 0) is 23.1 Å². The largest absolute Gasteiger partial charge is 0.398 e. The quantitative estimate of drug-likeness (QED) is 0.819. The fourth-order valence-electron chi connectivity index (χ4n) is 2.10. The molecule has 2 rings (SSSR count). The van der Waals surface area contributed by atoms with E-state index >= 15 is 0 Å². The zero-order valence-electron chi connectivity index (χ0n) is 11.7. The third kappa shape index (κ3) is 3.85. The SMILES string of the molecule is CC(CNC(=O)Cc1ccccc1N)c1ccccc1. The van der Waals surface area contributed by atoms with Crippen LogP contribution in [0, 0.1) is 0 Å². The van der Waals surface area contributed by atoms with Crippen LogP contribution in [0.15, 0.2) is 54.6 Å². The number of carbonyl (C=O) groups excluding carboxylic acids is 1. The van der Waals surface area contributed by atoms with Crippen molar-refractivity contribution in [1.82, 2.24) is 5.32 Å². The van der Waals surface area contributed by atoms with Crippen molar-refractivity contribution in [3.8, 4) is 0 Å². The molecule has 1 unspecified atom stereocenters. The summed E-state index contributed by atoms with van der Waals surface area (Å²) < 4.78 is 0. The molecule has 0 aliphatic carbocycles. The maximum atomic E-state index is 11.9. The van der Waals surface area contributed by atoms with E-state index in [1.165, 1.54) is 5.56 Å². The molecular weight excluding hydrogens is 248 g/mol. The first-order valence-corrected chi connectivity index (χ1v) is 6.82. The minimum absolute atomic E-state index is 0.00526. The molecule has 0 saturated heterocycles. The number of nitrogens with one attached hydrogen (secondary N) is 1. The number of carbonyl (C=O) groups is 1. The lowest BCUT2D eigenvalue weighted by molar-refractivity contribution is -0.120. The van der Waals surface area contributed by atoms with Crippen LogP contribution in [0.1, 0.15) is 24.0 Å². The molecule has 1 amide bonds. The molecule has 0 heterocycles. The second-order valence-corrected chi connectivity index (χ2v) is 4.99. The van der Waals surface area contributed by atoms with E-state index in [-0.39, 0.29) is 5.91 Å². The number of benzene rings is 2. The summed E-state index contributed by atoms with van der Waals surface area (Å²) >= 11 is 0. The summed E-state index contributed by atoms with van der Waals surface area (Å²) in [4.78, 5) is 11.9. The van der Waals surface area contributed by atoms with E-state index in [0.717, 1.165) is 5.56 Å². The minimum atomic E-state index is 0.00526. The van der Waals surface area contributed by atoms with Crippen LogP contribution in [-0.2, 0) is 11.2 Å². The summed E-state index contributed by atoms with van der Waals surface area (Å²) in [7, 11) is 0. The molecule has 0 fully saturated rings. The van der Waals surface area contributed by atoms with Crippen LogP contribution in [0.5, 0.6) is 0 Å². The molecule has 20 heavy (non-hydrogen) atoms. The molecule has 3 nitrogen and oxygen atoms in total. The molecule has 1 atom stereocenters. The Bertz CT molecular complexity index is 566. The van der Waals surface area contributed by atoms with Crippen LogP contribution >= 0.6 is 0 Å². The van der Waals surface area contributed by atoms with Crippen molar-refractivity contribution in [2.24, 2.45) is 0 Å². The molecular formula is C17H20N2O. The van der Waals surface area contributed by atoms with Crippen LogP contribution in [0.3, 0.4) is 0 Å². The van der Waals surface area contributed by atoms with Crippen LogP contribution in [0.2, 0.25) is 0 Å². The lowest BCUT2D eigenvalue weighted by Gasteiger charge is -2.13. The van der Waals surface area contributed by atoms with E-state index in [1.807, 2.05) is 42.5 Å². The Morgan fingerprint density at radius 3 is 2.45 bits per heavy atom. The van der Waals surface area contributed by atoms with E-state index in [0.29, 0.717) is 24.6 Å². The Balaban J connectivity index is 1.85. The van der Waals surface area contributed by atoms with Gasteiger partial charge >= 0.3 is 0 Å². The average molecular weight is 268 g/mol. The smallest absolute Gasteiger partial charge is 0.224 e. The zero-order chi connectivity index (χ0) is 14.4. The third-order valence-corrected chi connectivity index (χ3v) is 3.38. The Kier molecular flexibility index (Phi) is 4.77. The minimum Gasteiger partial charge on any atom is -0.398 e. The maximum Gasteiger partial charge on any atom is 0.224 e. The third-order valence-electron chi connectivity index (χ3n) is 3.38. The second-order valence-electron chi connectivity index (χ2n) is 4.99. The van der Waals surface area contributed by atoms with Crippen LogP contribution in [0.4, 0.5) is 5.69 Å². The van der Waals surface area contributed by atoms with Crippen LogP contribution < -0.4 is 11.1 Å². The first-order valence-electron chi connectivity index (χ1n) is 6.82. The van der Waals surface area contributed by atoms with Gasteiger partial charge in [0.15, 0.2) is 0 Å². The Morgan fingerprint density at radius 2 is 1.75 bits per heavy atom. The number of rotatable bonds is 5. The number of para-hydroxylation sites is 1. The number of hydrogen-bond donors (Lipinski definition) is 2. The van der Waals surface area contributed by atoms with Gasteiger partial charge in [0.25, 0.3) is 0 Å². The van der Waals surface area contributed by atoms with Crippen molar-refractivity contribution in [1.29, 1.82) is 0 Å². The van der Waals surface area contributed by atoms with Gasteiger partial charge < -0.3 is 11.1 Å². The molecule has 0 aromatic heterocycles. The van der Waals surface area contributed by atoms with Crippen molar-refractivity contribution in [3.63, 3.8) is 0 Å². The molecule has 2 aromatic rings. The summed E-state index contributed by atoms with van der Waals surface area (Å²) in [5, 5.41) is 2.96. The summed E-state index contributed by atoms with van der Waals surface area (Å²) in [6, 6.07) is 17.6. The second kappa shape index (κ2) is 6.75. The van der Waals surface area contributed by atoms with E-state index in [2.05, 4.69) is 24.4 Å². The fourth-order valence-corrected chi connectivity index (χ4v) is 2.10. The predicted octanol–water partition coefficient (Wildman–Crippen LogP) is 2.73. The summed E-state index contributed by atoms with van der Waals surface area (Å²) in [5.74, 6) is 0.305. The highest BCUT2D eigenvalue weighted by atomic mass is 16.1. The molecule has 0 spiro atoms. The summed E-state index contributed by atoms with van der Waals surface area (Å²) in [6.07, 6.45) is 0.328. The van der Waals surface area contributed by atoms with Gasteiger partial charge in [0.2, 0.25) is 5.91 Å². The Hall–Kier alpha value is -2.29. The molecule has 0 bridgehead atoms. The highest BCUT2D eigenvalue weighted by molar-refractivity contribution is 5.80. The lowest BCUT2D eigenvalue weighted by atomic mass is 10.0. The molecule has 0 radical (unpaired) electrons. The van der Waals surface area contributed by atoms with E-state index in [1.54, 1.807) is 0 Å². The van der Waals surface area contributed by atoms with Gasteiger partial charge in [0.1, 0.15) is 0 Å². The van der Waals surface area contributed by atoms with Crippen molar-refractivity contribution >= 4 is 11.6 Å². The monoisotopic (exact) mass is 268 g/mol. The Morgan fingerprint density at radius 1 is 1.10 bits per heavy atom. The first-order chi connectivity index (χ1) is 9.66. The molecule has 104 valence electrons. The highest BCUT2D eigenvalue weighted by Crippen LogP contribution is 2.14. The number of anilines is 1. The van der Waals surface area contributed by atoms with Crippen LogP contribution in [0.25, 0.3) is 0 Å². The molecule has 3 heteroatoms. The van der Waals surface area contributed by atoms with Crippen molar-refractivity contribution < 1.29 is 4.79 Å². The summed E-state index contributed by atoms with van der Waals surface area (Å²) in [5.41, 5.74) is 8.60. The van der Waals surface area contributed by atoms with Crippen molar-refractivity contribution in [2.75, 3.05) is 12.3 Å². The van der Waals surface area contributed by atoms with Gasteiger partial charge in [-0.15, -0.1) is 0 Å². The number of hydrogen-bond acceptors (Lipinski definition) is 2. The molecule has 0 aliphatic heterocycles. The lowest BCUT2D eigenvalue weighted by Crippen LogP contribution is -2.29. The fraction of sp³-hybridized carbons (Fsp3) is 0.235. The zero-order valence-corrected chi connectivity index (χ0v) is 11.7. The van der Waals surface area contributed by atoms with Crippen LogP contribution in [-0.4, -0.2) is 12.5 Å². The van der Waals surface area contributed by atoms with E-state index in [9.17, 15) is 4.79 Å². The van der Waals surface area contributed by atoms with Gasteiger partial charge in [-0.3, -0.25) is 4.79 Å². The molecule has 0 saturated carbocycles. The van der Waals surface area contributed by atoms with E-state index < -0.39 is 0 Å². The topological polar surface area (TPSA) is 55.1 Å². The molecule has 3 N–H and O–H groups in total. The average Bonchev–Trinajstić information content (AvgIpc) is 2.48.